The van der Waals surface area contributed by atoms with Crippen LogP contribution in [0.2, 0.25) is 0 Å². The lowest BCUT2D eigenvalue weighted by atomic mass is 10.1. The van der Waals surface area contributed by atoms with Crippen LogP contribution in [0.25, 0.3) is 0 Å². The first kappa shape index (κ1) is 14.8. The molecule has 4 heteroatoms. The standard InChI is InChI=1S/C11H22F3N/c1-2-3-4-5-6-7-8-9-10(15)11(12,13)14/h10H,2-9,15H2,1H3/t10-/m0/s1. The SMILES string of the molecule is CCCCCCCCC[C@H](N)C(F)(F)F. The Morgan fingerprint density at radius 1 is 0.933 bits per heavy atom. The van der Waals surface area contributed by atoms with Gasteiger partial charge >= 0.3 is 6.18 Å². The lowest BCUT2D eigenvalue weighted by Gasteiger charge is -2.14. The van der Waals surface area contributed by atoms with Crippen LogP contribution >= 0.6 is 0 Å². The summed E-state index contributed by atoms with van der Waals surface area (Å²) >= 11 is 0. The highest BCUT2D eigenvalue weighted by atomic mass is 19.4. The summed E-state index contributed by atoms with van der Waals surface area (Å²) in [6.45, 7) is 2.14. The molecule has 0 aliphatic rings. The Morgan fingerprint density at radius 3 is 1.87 bits per heavy atom. The van der Waals surface area contributed by atoms with Gasteiger partial charge in [0.25, 0.3) is 0 Å². The highest BCUT2D eigenvalue weighted by Crippen LogP contribution is 2.22. The third kappa shape index (κ3) is 8.73. The minimum atomic E-state index is -4.22. The molecule has 0 saturated heterocycles. The average Bonchev–Trinajstić information content (AvgIpc) is 2.14. The number of hydrogen-bond donors (Lipinski definition) is 1. The van der Waals surface area contributed by atoms with E-state index >= 15 is 0 Å². The molecule has 0 aliphatic heterocycles. The predicted molar refractivity (Wildman–Crippen MR) is 56.6 cm³/mol. The second kappa shape index (κ2) is 7.97. The van der Waals surface area contributed by atoms with Crippen molar-refractivity contribution in [3.05, 3.63) is 0 Å². The smallest absolute Gasteiger partial charge is 0.320 e. The molecule has 0 bridgehead atoms. The van der Waals surface area contributed by atoms with E-state index in [1.54, 1.807) is 0 Å². The number of unbranched alkanes of at least 4 members (excludes halogenated alkanes) is 6. The van der Waals surface area contributed by atoms with Gasteiger partial charge in [-0.05, 0) is 6.42 Å². The van der Waals surface area contributed by atoms with Crippen molar-refractivity contribution in [2.75, 3.05) is 0 Å². The maximum absolute atomic E-state index is 12.0. The molecule has 2 N–H and O–H groups in total. The van der Waals surface area contributed by atoms with Crippen LogP contribution in [-0.4, -0.2) is 12.2 Å². The fraction of sp³-hybridized carbons (Fsp3) is 1.00. The Hall–Kier alpha value is -0.250. The first-order valence-corrected chi connectivity index (χ1v) is 5.80. The lowest BCUT2D eigenvalue weighted by molar-refractivity contribution is -0.149. The zero-order chi connectivity index (χ0) is 11.7. The van der Waals surface area contributed by atoms with Gasteiger partial charge in [-0.1, -0.05) is 51.9 Å². The van der Waals surface area contributed by atoms with Crippen LogP contribution < -0.4 is 5.73 Å². The van der Waals surface area contributed by atoms with Crippen molar-refractivity contribution in [2.24, 2.45) is 5.73 Å². The molecule has 0 aromatic heterocycles. The summed E-state index contributed by atoms with van der Waals surface area (Å²) < 4.78 is 36.0. The molecular weight excluding hydrogens is 203 g/mol. The molecule has 0 fully saturated rings. The largest absolute Gasteiger partial charge is 0.403 e. The van der Waals surface area contributed by atoms with Gasteiger partial charge in [-0.3, -0.25) is 0 Å². The van der Waals surface area contributed by atoms with Gasteiger partial charge in [-0.2, -0.15) is 13.2 Å². The molecule has 92 valence electrons. The molecule has 0 aromatic carbocycles. The number of nitrogens with two attached hydrogens (primary N) is 1. The van der Waals surface area contributed by atoms with Gasteiger partial charge in [0, 0.05) is 0 Å². The Bertz CT molecular complexity index is 145. The van der Waals surface area contributed by atoms with E-state index in [9.17, 15) is 13.2 Å². The zero-order valence-corrected chi connectivity index (χ0v) is 9.45. The third-order valence-corrected chi connectivity index (χ3v) is 2.54. The molecule has 0 amide bonds. The fourth-order valence-corrected chi connectivity index (χ4v) is 1.49. The molecule has 0 heterocycles. The highest BCUT2D eigenvalue weighted by Gasteiger charge is 2.35. The highest BCUT2D eigenvalue weighted by molar-refractivity contribution is 4.69. The van der Waals surface area contributed by atoms with Gasteiger partial charge < -0.3 is 5.73 Å². The Balaban J connectivity index is 3.24. The van der Waals surface area contributed by atoms with Gasteiger partial charge in [0.15, 0.2) is 0 Å². The topological polar surface area (TPSA) is 26.0 Å². The summed E-state index contributed by atoms with van der Waals surface area (Å²) in [7, 11) is 0. The van der Waals surface area contributed by atoms with Crippen LogP contribution in [-0.2, 0) is 0 Å². The van der Waals surface area contributed by atoms with Crippen LogP contribution in [0.3, 0.4) is 0 Å². The zero-order valence-electron chi connectivity index (χ0n) is 9.45. The van der Waals surface area contributed by atoms with Crippen molar-refractivity contribution in [3.8, 4) is 0 Å². The molecule has 0 rings (SSSR count). The van der Waals surface area contributed by atoms with Crippen LogP contribution in [0, 0.1) is 0 Å². The van der Waals surface area contributed by atoms with Crippen LogP contribution in [0.15, 0.2) is 0 Å². The number of alkyl halides is 3. The molecule has 15 heavy (non-hydrogen) atoms. The molecule has 0 aromatic rings. The van der Waals surface area contributed by atoms with E-state index in [2.05, 4.69) is 6.92 Å². The Kier molecular flexibility index (Phi) is 7.83. The second-order valence-corrected chi connectivity index (χ2v) is 4.06. The van der Waals surface area contributed by atoms with Gasteiger partial charge in [0.05, 0.1) is 0 Å². The molecule has 0 saturated carbocycles. The number of hydrogen-bond acceptors (Lipinski definition) is 1. The van der Waals surface area contributed by atoms with Crippen molar-refractivity contribution < 1.29 is 13.2 Å². The molecule has 0 aliphatic carbocycles. The summed E-state index contributed by atoms with van der Waals surface area (Å²) in [4.78, 5) is 0. The van der Waals surface area contributed by atoms with E-state index in [1.165, 1.54) is 19.3 Å². The average molecular weight is 225 g/mol. The van der Waals surface area contributed by atoms with E-state index in [1.807, 2.05) is 0 Å². The van der Waals surface area contributed by atoms with E-state index in [0.717, 1.165) is 19.3 Å². The van der Waals surface area contributed by atoms with Gasteiger partial charge in [-0.25, -0.2) is 0 Å². The van der Waals surface area contributed by atoms with E-state index in [-0.39, 0.29) is 6.42 Å². The summed E-state index contributed by atoms with van der Waals surface area (Å²) in [6, 6.07) is -1.63. The summed E-state index contributed by atoms with van der Waals surface area (Å²) in [5, 5.41) is 0. The summed E-state index contributed by atoms with van der Waals surface area (Å²) in [5.74, 6) is 0. The number of halogens is 3. The quantitative estimate of drug-likeness (QED) is 0.620. The van der Waals surface area contributed by atoms with E-state index in [4.69, 9.17) is 5.73 Å². The molecule has 0 unspecified atom stereocenters. The Morgan fingerprint density at radius 2 is 1.40 bits per heavy atom. The van der Waals surface area contributed by atoms with Crippen molar-refractivity contribution in [1.29, 1.82) is 0 Å². The van der Waals surface area contributed by atoms with Crippen LogP contribution in [0.1, 0.15) is 58.3 Å². The summed E-state index contributed by atoms with van der Waals surface area (Å²) in [5.41, 5.74) is 4.99. The second-order valence-electron chi connectivity index (χ2n) is 4.06. The van der Waals surface area contributed by atoms with Crippen LogP contribution in [0.4, 0.5) is 13.2 Å². The molecule has 1 atom stereocenters. The predicted octanol–water partition coefficient (Wildman–Crippen LogP) is 4.02. The molecule has 1 nitrogen and oxygen atoms in total. The van der Waals surface area contributed by atoms with Crippen LogP contribution in [0.5, 0.6) is 0 Å². The minimum Gasteiger partial charge on any atom is -0.320 e. The minimum absolute atomic E-state index is 0.0667. The first-order chi connectivity index (χ1) is 6.98. The van der Waals surface area contributed by atoms with Gasteiger partial charge in [-0.15, -0.1) is 0 Å². The Labute approximate surface area is 90.2 Å². The van der Waals surface area contributed by atoms with Crippen molar-refractivity contribution in [2.45, 2.75) is 70.5 Å². The molecule has 0 spiro atoms. The first-order valence-electron chi connectivity index (χ1n) is 5.80. The van der Waals surface area contributed by atoms with E-state index in [0.29, 0.717) is 6.42 Å². The maximum Gasteiger partial charge on any atom is 0.403 e. The van der Waals surface area contributed by atoms with Crippen molar-refractivity contribution in [3.63, 3.8) is 0 Å². The maximum atomic E-state index is 12.0. The monoisotopic (exact) mass is 225 g/mol. The lowest BCUT2D eigenvalue weighted by Crippen LogP contribution is -2.37. The van der Waals surface area contributed by atoms with Crippen molar-refractivity contribution >= 4 is 0 Å². The van der Waals surface area contributed by atoms with Gasteiger partial charge in [0.1, 0.15) is 6.04 Å². The molecule has 0 radical (unpaired) electrons. The fourth-order valence-electron chi connectivity index (χ4n) is 1.49. The third-order valence-electron chi connectivity index (χ3n) is 2.54. The van der Waals surface area contributed by atoms with Crippen molar-refractivity contribution in [1.82, 2.24) is 0 Å². The molecular formula is C11H22F3N. The normalized spacial score (nSPS) is 14.2. The van der Waals surface area contributed by atoms with Gasteiger partial charge in [0.2, 0.25) is 0 Å². The summed E-state index contributed by atoms with van der Waals surface area (Å²) in [6.07, 6.45) is 3.09. The van der Waals surface area contributed by atoms with E-state index < -0.39 is 12.2 Å². The number of rotatable bonds is 8.